The van der Waals surface area contributed by atoms with Gasteiger partial charge < -0.3 is 9.80 Å². The van der Waals surface area contributed by atoms with Crippen LogP contribution in [0.1, 0.15) is 19.4 Å². The van der Waals surface area contributed by atoms with Crippen molar-refractivity contribution in [2.24, 2.45) is 0 Å². The van der Waals surface area contributed by atoms with Crippen molar-refractivity contribution in [3.8, 4) is 0 Å². The van der Waals surface area contributed by atoms with Crippen LogP contribution in [0.5, 0.6) is 0 Å². The number of hydrogen-bond donors (Lipinski definition) is 0. The molecule has 0 saturated heterocycles. The van der Waals surface area contributed by atoms with E-state index in [1.54, 1.807) is 12.5 Å². The average molecular weight is 315 g/mol. The zero-order chi connectivity index (χ0) is 16.3. The van der Waals surface area contributed by atoms with E-state index in [0.717, 1.165) is 17.2 Å². The summed E-state index contributed by atoms with van der Waals surface area (Å²) in [5.41, 5.74) is 4.61. The molecule has 0 bridgehead atoms. The number of hydrogen-bond acceptors (Lipinski definition) is 5. The Hall–Kier alpha value is -2.95. The molecule has 1 unspecified atom stereocenters. The average Bonchev–Trinajstić information content (AvgIpc) is 3.08. The Bertz CT molecular complexity index is 907. The van der Waals surface area contributed by atoms with Crippen LogP contribution in [0.15, 0.2) is 61.3 Å². The third-order valence-electron chi connectivity index (χ3n) is 5.08. The second-order valence-electron chi connectivity index (χ2n) is 6.80. The molecule has 1 aromatic carbocycles. The normalized spacial score (nSPS) is 19.8. The van der Waals surface area contributed by atoms with E-state index in [1.807, 2.05) is 18.5 Å². The molecule has 118 valence electrons. The molecule has 0 radical (unpaired) electrons. The Balaban J connectivity index is 1.80. The van der Waals surface area contributed by atoms with Gasteiger partial charge in [0.15, 0.2) is 5.82 Å². The molecule has 5 heteroatoms. The van der Waals surface area contributed by atoms with Crippen molar-refractivity contribution in [2.45, 2.75) is 25.4 Å². The number of para-hydroxylation sites is 1. The lowest BCUT2D eigenvalue weighted by molar-refractivity contribution is 0.450. The van der Waals surface area contributed by atoms with Crippen LogP contribution < -0.4 is 9.80 Å². The van der Waals surface area contributed by atoms with Crippen molar-refractivity contribution in [1.82, 2.24) is 15.0 Å². The van der Waals surface area contributed by atoms with E-state index >= 15 is 0 Å². The zero-order valence-corrected chi connectivity index (χ0v) is 13.6. The number of pyridine rings is 1. The van der Waals surface area contributed by atoms with Crippen molar-refractivity contribution in [3.05, 3.63) is 66.9 Å². The number of benzene rings is 1. The summed E-state index contributed by atoms with van der Waals surface area (Å²) in [6, 6.07) is 12.7. The van der Waals surface area contributed by atoms with E-state index in [4.69, 9.17) is 0 Å². The zero-order valence-electron chi connectivity index (χ0n) is 13.6. The van der Waals surface area contributed by atoms with Crippen LogP contribution in [0.25, 0.3) is 0 Å². The first-order valence-corrected chi connectivity index (χ1v) is 8.07. The molecule has 2 aromatic heterocycles. The largest absolute Gasteiger partial charge is 0.314 e. The first-order chi connectivity index (χ1) is 11.7. The lowest BCUT2D eigenvalue weighted by Gasteiger charge is -2.36. The summed E-state index contributed by atoms with van der Waals surface area (Å²) >= 11 is 0. The second kappa shape index (κ2) is 4.54. The van der Waals surface area contributed by atoms with Gasteiger partial charge in [-0.15, -0.1) is 0 Å². The Morgan fingerprint density at radius 2 is 1.79 bits per heavy atom. The highest BCUT2D eigenvalue weighted by Gasteiger charge is 2.54. The molecule has 3 aromatic rings. The van der Waals surface area contributed by atoms with Crippen LogP contribution in [0, 0.1) is 0 Å². The van der Waals surface area contributed by atoms with Crippen LogP contribution in [-0.4, -0.2) is 21.1 Å². The van der Waals surface area contributed by atoms with Crippen molar-refractivity contribution >= 4 is 22.9 Å². The molecule has 4 heterocycles. The molecule has 0 amide bonds. The Morgan fingerprint density at radius 1 is 0.917 bits per heavy atom. The maximum Gasteiger partial charge on any atom is 0.162 e. The number of fused-ring (bicyclic) bond motifs is 5. The van der Waals surface area contributed by atoms with Crippen LogP contribution >= 0.6 is 0 Å². The fourth-order valence-electron chi connectivity index (χ4n) is 4.07. The van der Waals surface area contributed by atoms with Gasteiger partial charge in [-0.1, -0.05) is 32.0 Å². The van der Waals surface area contributed by atoms with Gasteiger partial charge in [-0.2, -0.15) is 0 Å². The highest BCUT2D eigenvalue weighted by atomic mass is 15.5. The van der Waals surface area contributed by atoms with Gasteiger partial charge in [0, 0.05) is 17.3 Å². The topological polar surface area (TPSA) is 45.2 Å². The minimum absolute atomic E-state index is 0.0624. The van der Waals surface area contributed by atoms with Gasteiger partial charge >= 0.3 is 0 Å². The monoisotopic (exact) mass is 315 g/mol. The summed E-state index contributed by atoms with van der Waals surface area (Å²) < 4.78 is 0. The Labute approximate surface area is 140 Å². The third-order valence-corrected chi connectivity index (χ3v) is 5.08. The summed E-state index contributed by atoms with van der Waals surface area (Å²) in [6.45, 7) is 4.58. The minimum Gasteiger partial charge on any atom is -0.314 e. The first kappa shape index (κ1) is 13.5. The van der Waals surface area contributed by atoms with Crippen LogP contribution in [0.2, 0.25) is 0 Å². The van der Waals surface area contributed by atoms with E-state index in [0.29, 0.717) is 0 Å². The number of rotatable bonds is 1. The van der Waals surface area contributed by atoms with Gasteiger partial charge in [0.1, 0.15) is 18.2 Å². The van der Waals surface area contributed by atoms with Crippen molar-refractivity contribution in [1.29, 1.82) is 0 Å². The molecule has 2 aliphatic rings. The molecule has 0 fully saturated rings. The maximum atomic E-state index is 4.58. The molecule has 0 spiro atoms. The summed E-state index contributed by atoms with van der Waals surface area (Å²) in [5.74, 6) is 0.936. The molecule has 5 nitrogen and oxygen atoms in total. The fraction of sp³-hybridized carbons (Fsp3) is 0.211. The van der Waals surface area contributed by atoms with Gasteiger partial charge in [-0.3, -0.25) is 4.98 Å². The standard InChI is InChI=1S/C19H17N5/c1-19(2)14-7-3-4-8-15(14)24-16-11-21-12-22-17(16)23(18(19)24)13-6-5-9-20-10-13/h3-12,18H,1-2H3. The highest BCUT2D eigenvalue weighted by molar-refractivity contribution is 5.89. The van der Waals surface area contributed by atoms with Gasteiger partial charge in [-0.25, -0.2) is 9.97 Å². The van der Waals surface area contributed by atoms with Gasteiger partial charge in [0.05, 0.1) is 18.1 Å². The van der Waals surface area contributed by atoms with Crippen molar-refractivity contribution in [2.75, 3.05) is 9.80 Å². The lowest BCUT2D eigenvalue weighted by Crippen LogP contribution is -2.46. The molecule has 5 rings (SSSR count). The number of nitrogens with zero attached hydrogens (tertiary/aromatic N) is 5. The highest BCUT2D eigenvalue weighted by Crippen LogP contribution is 2.57. The molecular weight excluding hydrogens is 298 g/mol. The smallest absolute Gasteiger partial charge is 0.162 e. The van der Waals surface area contributed by atoms with Gasteiger partial charge in [0.25, 0.3) is 0 Å². The summed E-state index contributed by atoms with van der Waals surface area (Å²) in [6.07, 6.45) is 7.33. The number of anilines is 4. The maximum absolute atomic E-state index is 4.58. The molecule has 2 aliphatic heterocycles. The van der Waals surface area contributed by atoms with Gasteiger partial charge in [-0.05, 0) is 23.8 Å². The predicted molar refractivity (Wildman–Crippen MR) is 93.8 cm³/mol. The molecule has 0 aliphatic carbocycles. The van der Waals surface area contributed by atoms with E-state index < -0.39 is 0 Å². The molecule has 1 atom stereocenters. The van der Waals surface area contributed by atoms with Crippen LogP contribution in [0.4, 0.5) is 22.9 Å². The molecule has 0 saturated carbocycles. The van der Waals surface area contributed by atoms with E-state index in [1.165, 1.54) is 11.3 Å². The quantitative estimate of drug-likeness (QED) is 0.684. The predicted octanol–water partition coefficient (Wildman–Crippen LogP) is 3.78. The summed E-state index contributed by atoms with van der Waals surface area (Å²) in [7, 11) is 0. The summed E-state index contributed by atoms with van der Waals surface area (Å²) in [4.78, 5) is 17.8. The van der Waals surface area contributed by atoms with Gasteiger partial charge in [0.2, 0.25) is 0 Å². The third kappa shape index (κ3) is 1.56. The summed E-state index contributed by atoms with van der Waals surface area (Å²) in [5, 5.41) is 0. The first-order valence-electron chi connectivity index (χ1n) is 8.07. The fourth-order valence-corrected chi connectivity index (χ4v) is 4.07. The second-order valence-corrected chi connectivity index (χ2v) is 6.80. The Morgan fingerprint density at radius 3 is 2.62 bits per heavy atom. The van der Waals surface area contributed by atoms with Crippen LogP contribution in [0.3, 0.4) is 0 Å². The minimum atomic E-state index is -0.0624. The van der Waals surface area contributed by atoms with E-state index in [2.05, 4.69) is 68.9 Å². The lowest BCUT2D eigenvalue weighted by atomic mass is 9.83. The van der Waals surface area contributed by atoms with Crippen LogP contribution in [-0.2, 0) is 5.41 Å². The molecule has 0 N–H and O–H groups in total. The number of aromatic nitrogens is 3. The van der Waals surface area contributed by atoms with Crippen molar-refractivity contribution in [3.63, 3.8) is 0 Å². The Kier molecular flexibility index (Phi) is 2.55. The van der Waals surface area contributed by atoms with E-state index in [-0.39, 0.29) is 11.6 Å². The molecule has 24 heavy (non-hydrogen) atoms. The SMILES string of the molecule is CC1(C)c2ccccc2N2c3cncnc3N(c3cccnc3)C21. The molecular formula is C19H17N5. The van der Waals surface area contributed by atoms with E-state index in [9.17, 15) is 0 Å². The van der Waals surface area contributed by atoms with Crippen molar-refractivity contribution < 1.29 is 0 Å².